The number of hydrogen-bond donors (Lipinski definition) is 1. The van der Waals surface area contributed by atoms with Crippen LogP contribution in [0.3, 0.4) is 0 Å². The van der Waals surface area contributed by atoms with Crippen LogP contribution in [0, 0.1) is 0 Å². The number of thiocarbonyl (C=S) groups is 1. The molecule has 3 aromatic rings. The van der Waals surface area contributed by atoms with Crippen LogP contribution < -0.4 is 5.73 Å². The molecule has 31 heavy (non-hydrogen) atoms. The van der Waals surface area contributed by atoms with Crippen molar-refractivity contribution < 1.29 is 22.7 Å². The van der Waals surface area contributed by atoms with Crippen molar-refractivity contribution in [1.82, 2.24) is 14.8 Å². The van der Waals surface area contributed by atoms with E-state index < -0.39 is 17.7 Å². The molecule has 0 amide bonds. The highest BCUT2D eigenvalue weighted by Gasteiger charge is 2.31. The number of thiazole rings is 1. The predicted molar refractivity (Wildman–Crippen MR) is 115 cm³/mol. The fourth-order valence-corrected chi connectivity index (χ4v) is 3.74. The van der Waals surface area contributed by atoms with Gasteiger partial charge in [0.15, 0.2) is 0 Å². The fourth-order valence-electron chi connectivity index (χ4n) is 2.84. The number of nitrogens with two attached hydrogens (primary N) is 1. The maximum Gasteiger partial charge on any atom is 0.416 e. The van der Waals surface area contributed by atoms with Crippen molar-refractivity contribution in [2.24, 2.45) is 5.73 Å². The number of carbonyl (C=O) groups excluding carboxylic acids is 1. The number of halogens is 3. The van der Waals surface area contributed by atoms with Gasteiger partial charge < -0.3 is 10.5 Å². The van der Waals surface area contributed by atoms with E-state index in [-0.39, 0.29) is 18.1 Å². The molecular weight excluding hydrogens is 449 g/mol. The minimum Gasteiger partial charge on any atom is -0.462 e. The van der Waals surface area contributed by atoms with Crippen LogP contribution in [0.4, 0.5) is 13.2 Å². The molecule has 164 valence electrons. The molecular formula is C20H19F3N4O2S2. The first kappa shape index (κ1) is 22.9. The predicted octanol–water partition coefficient (Wildman–Crippen LogP) is 4.47. The Morgan fingerprint density at radius 3 is 2.77 bits per heavy atom. The number of aryl methyl sites for hydroxylation is 1. The molecule has 0 fully saturated rings. The molecule has 2 heterocycles. The first-order valence-corrected chi connectivity index (χ1v) is 10.6. The molecule has 0 unspecified atom stereocenters. The van der Waals surface area contributed by atoms with Crippen molar-refractivity contribution in [3.63, 3.8) is 0 Å². The van der Waals surface area contributed by atoms with Gasteiger partial charge in [-0.15, -0.1) is 11.3 Å². The van der Waals surface area contributed by atoms with E-state index in [9.17, 15) is 18.0 Å². The average Bonchev–Trinajstić information content (AvgIpc) is 3.36. The van der Waals surface area contributed by atoms with Crippen LogP contribution in [0.25, 0.3) is 11.3 Å². The van der Waals surface area contributed by atoms with Gasteiger partial charge in [-0.2, -0.15) is 18.3 Å². The standard InChI is InChI=1S/C20H19F3N4O2S2/c1-2-29-19(28)14-8-25-27(9-14)10-18-26-16(11-31-18)13-5-12(3-4-17(24)30)6-15(7-13)20(21,22)23/h5-9,11H,2-4,10H2,1H3,(H2,24,30). The Kier molecular flexibility index (Phi) is 7.06. The van der Waals surface area contributed by atoms with Crippen LogP contribution in [0.1, 0.15) is 39.8 Å². The Bertz CT molecular complexity index is 1090. The molecule has 0 aliphatic rings. The van der Waals surface area contributed by atoms with E-state index in [2.05, 4.69) is 10.1 Å². The van der Waals surface area contributed by atoms with E-state index in [1.54, 1.807) is 18.4 Å². The molecule has 0 radical (unpaired) electrons. The van der Waals surface area contributed by atoms with Gasteiger partial charge in [-0.3, -0.25) is 4.68 Å². The first-order valence-electron chi connectivity index (χ1n) is 9.29. The second-order valence-corrected chi connectivity index (χ2v) is 8.12. The average molecular weight is 469 g/mol. The Morgan fingerprint density at radius 1 is 1.32 bits per heavy atom. The van der Waals surface area contributed by atoms with Crippen molar-refractivity contribution >= 4 is 34.5 Å². The number of benzene rings is 1. The molecule has 11 heteroatoms. The summed E-state index contributed by atoms with van der Waals surface area (Å²) >= 11 is 6.13. The lowest BCUT2D eigenvalue weighted by atomic mass is 10.0. The molecule has 0 saturated heterocycles. The largest absolute Gasteiger partial charge is 0.462 e. The van der Waals surface area contributed by atoms with Crippen LogP contribution >= 0.6 is 23.6 Å². The molecule has 0 spiro atoms. The van der Waals surface area contributed by atoms with Gasteiger partial charge in [0.05, 0.1) is 41.2 Å². The normalized spacial score (nSPS) is 11.5. The summed E-state index contributed by atoms with van der Waals surface area (Å²) in [5, 5.41) is 6.44. The lowest BCUT2D eigenvalue weighted by molar-refractivity contribution is -0.137. The van der Waals surface area contributed by atoms with Gasteiger partial charge in [0.2, 0.25) is 0 Å². The third-order valence-electron chi connectivity index (χ3n) is 4.27. The quantitative estimate of drug-likeness (QED) is 0.388. The number of hydrogen-bond acceptors (Lipinski definition) is 6. The molecule has 0 atom stereocenters. The molecule has 0 aliphatic heterocycles. The third kappa shape index (κ3) is 6.11. The highest BCUT2D eigenvalue weighted by atomic mass is 32.1. The van der Waals surface area contributed by atoms with E-state index in [0.717, 1.165) is 12.1 Å². The fraction of sp³-hybridized carbons (Fsp3) is 0.300. The molecule has 0 bridgehead atoms. The minimum absolute atomic E-state index is 0.247. The van der Waals surface area contributed by atoms with Crippen LogP contribution in [-0.4, -0.2) is 32.3 Å². The van der Waals surface area contributed by atoms with Crippen molar-refractivity contribution in [1.29, 1.82) is 0 Å². The summed E-state index contributed by atoms with van der Waals surface area (Å²) in [4.78, 5) is 16.4. The van der Waals surface area contributed by atoms with E-state index in [4.69, 9.17) is 22.7 Å². The monoisotopic (exact) mass is 468 g/mol. The minimum atomic E-state index is -4.48. The van der Waals surface area contributed by atoms with E-state index >= 15 is 0 Å². The topological polar surface area (TPSA) is 83.0 Å². The summed E-state index contributed by atoms with van der Waals surface area (Å²) in [6.45, 7) is 2.25. The molecule has 3 rings (SSSR count). The number of rotatable bonds is 8. The van der Waals surface area contributed by atoms with Crippen molar-refractivity contribution in [2.75, 3.05) is 6.61 Å². The molecule has 2 aromatic heterocycles. The summed E-state index contributed by atoms with van der Waals surface area (Å²) < 4.78 is 46.5. The third-order valence-corrected chi connectivity index (χ3v) is 5.31. The van der Waals surface area contributed by atoms with Crippen LogP contribution in [0.15, 0.2) is 36.0 Å². The van der Waals surface area contributed by atoms with Crippen molar-refractivity contribution in [3.8, 4) is 11.3 Å². The van der Waals surface area contributed by atoms with E-state index in [0.29, 0.717) is 40.2 Å². The molecule has 6 nitrogen and oxygen atoms in total. The zero-order valence-electron chi connectivity index (χ0n) is 16.5. The second-order valence-electron chi connectivity index (χ2n) is 6.66. The van der Waals surface area contributed by atoms with Gasteiger partial charge in [-0.05, 0) is 37.1 Å². The van der Waals surface area contributed by atoms with Crippen molar-refractivity contribution in [3.05, 3.63) is 57.7 Å². The lowest BCUT2D eigenvalue weighted by Crippen LogP contribution is -2.10. The Hall–Kier alpha value is -2.79. The van der Waals surface area contributed by atoms with Gasteiger partial charge in [0.25, 0.3) is 0 Å². The van der Waals surface area contributed by atoms with E-state index in [1.165, 1.54) is 28.4 Å². The second kappa shape index (κ2) is 9.56. The smallest absolute Gasteiger partial charge is 0.416 e. The van der Waals surface area contributed by atoms with Gasteiger partial charge in [-0.25, -0.2) is 9.78 Å². The van der Waals surface area contributed by atoms with Gasteiger partial charge >= 0.3 is 12.1 Å². The number of nitrogens with zero attached hydrogens (tertiary/aromatic N) is 3. The Morgan fingerprint density at radius 2 is 2.10 bits per heavy atom. The highest BCUT2D eigenvalue weighted by molar-refractivity contribution is 7.80. The lowest BCUT2D eigenvalue weighted by Gasteiger charge is -2.11. The van der Waals surface area contributed by atoms with Crippen LogP contribution in [0.5, 0.6) is 0 Å². The summed E-state index contributed by atoms with van der Waals surface area (Å²) in [5.41, 5.74) is 6.34. The molecule has 0 aliphatic carbocycles. The maximum atomic E-state index is 13.4. The Labute approximate surface area is 185 Å². The van der Waals surface area contributed by atoms with Gasteiger partial charge in [0, 0.05) is 23.6 Å². The zero-order chi connectivity index (χ0) is 22.6. The van der Waals surface area contributed by atoms with Gasteiger partial charge in [0.1, 0.15) is 5.01 Å². The first-order chi connectivity index (χ1) is 14.7. The molecule has 0 saturated carbocycles. The van der Waals surface area contributed by atoms with Gasteiger partial charge in [-0.1, -0.05) is 12.2 Å². The number of carbonyl (C=O) groups is 1. The Balaban J connectivity index is 1.83. The van der Waals surface area contributed by atoms with E-state index in [1.807, 2.05) is 0 Å². The summed E-state index contributed by atoms with van der Waals surface area (Å²) in [7, 11) is 0. The maximum absolute atomic E-state index is 13.4. The molecule has 2 N–H and O–H groups in total. The number of esters is 1. The number of alkyl halides is 3. The summed E-state index contributed by atoms with van der Waals surface area (Å²) in [6.07, 6.45) is -0.913. The van der Waals surface area contributed by atoms with Crippen LogP contribution in [-0.2, 0) is 23.9 Å². The van der Waals surface area contributed by atoms with Crippen LogP contribution in [0.2, 0.25) is 0 Å². The molecule has 1 aromatic carbocycles. The SMILES string of the molecule is CCOC(=O)c1cnn(Cc2nc(-c3cc(CCC(N)=S)cc(C(F)(F)F)c3)cs2)c1. The summed E-state index contributed by atoms with van der Waals surface area (Å²) in [5.74, 6) is -0.470. The van der Waals surface area contributed by atoms with Crippen molar-refractivity contribution in [2.45, 2.75) is 32.5 Å². The highest BCUT2D eigenvalue weighted by Crippen LogP contribution is 2.34. The zero-order valence-corrected chi connectivity index (χ0v) is 18.1. The number of aromatic nitrogens is 3. The number of ether oxygens (including phenoxy) is 1. The summed E-state index contributed by atoms with van der Waals surface area (Å²) in [6, 6.07) is 3.85.